The van der Waals surface area contributed by atoms with Gasteiger partial charge in [0, 0.05) is 29.2 Å². The molecule has 1 aliphatic rings. The first-order valence-electron chi connectivity index (χ1n) is 9.95. The van der Waals surface area contributed by atoms with E-state index in [1.165, 1.54) is 0 Å². The van der Waals surface area contributed by atoms with Crippen LogP contribution in [0.3, 0.4) is 0 Å². The Hall–Kier alpha value is -3.54. The first-order valence-corrected chi connectivity index (χ1v) is 9.95. The number of carbonyl (C=O) groups is 2. The number of H-pyrrole nitrogens is 1. The molecule has 0 radical (unpaired) electrons. The normalized spacial score (nSPS) is 13.6. The van der Waals surface area contributed by atoms with E-state index in [0.29, 0.717) is 35.5 Å². The Morgan fingerprint density at radius 2 is 1.80 bits per heavy atom. The fraction of sp³-hybridized carbons (Fsp3) is 0.250. The molecule has 0 atom stereocenters. The molecule has 0 bridgehead atoms. The van der Waals surface area contributed by atoms with E-state index < -0.39 is 5.97 Å². The molecule has 0 spiro atoms. The minimum absolute atomic E-state index is 0.179. The van der Waals surface area contributed by atoms with Crippen LogP contribution in [-0.4, -0.2) is 41.5 Å². The van der Waals surface area contributed by atoms with Crippen LogP contribution >= 0.6 is 0 Å². The number of fused-ring (bicyclic) bond motifs is 3. The molecule has 1 amide bonds. The Morgan fingerprint density at radius 3 is 2.50 bits per heavy atom. The molecule has 30 heavy (non-hydrogen) atoms. The summed E-state index contributed by atoms with van der Waals surface area (Å²) >= 11 is 0. The predicted octanol–water partition coefficient (Wildman–Crippen LogP) is 4.17. The van der Waals surface area contributed by atoms with Crippen molar-refractivity contribution in [2.75, 3.05) is 13.7 Å². The quantitative estimate of drug-likeness (QED) is 0.663. The van der Waals surface area contributed by atoms with E-state index in [4.69, 9.17) is 9.47 Å². The molecule has 6 heteroatoms. The minimum Gasteiger partial charge on any atom is -0.497 e. The SMILES string of the molecule is COc1ccc(C(=O)N2C=C(C(=O)OC(C)C)c3[nH]c4ccccc4c3CC2)cc1. The van der Waals surface area contributed by atoms with Crippen molar-refractivity contribution in [3.05, 3.63) is 71.6 Å². The number of amides is 1. The fourth-order valence-corrected chi connectivity index (χ4v) is 3.70. The van der Waals surface area contributed by atoms with Gasteiger partial charge in [0.2, 0.25) is 0 Å². The molecule has 0 saturated heterocycles. The van der Waals surface area contributed by atoms with Crippen LogP contribution in [0.1, 0.15) is 35.5 Å². The van der Waals surface area contributed by atoms with Gasteiger partial charge < -0.3 is 19.4 Å². The van der Waals surface area contributed by atoms with E-state index >= 15 is 0 Å². The smallest absolute Gasteiger partial charge is 0.342 e. The highest BCUT2D eigenvalue weighted by Gasteiger charge is 2.28. The molecule has 0 fully saturated rings. The summed E-state index contributed by atoms with van der Waals surface area (Å²) < 4.78 is 10.7. The van der Waals surface area contributed by atoms with Crippen molar-refractivity contribution in [1.29, 1.82) is 0 Å². The average molecular weight is 404 g/mol. The predicted molar refractivity (Wildman–Crippen MR) is 115 cm³/mol. The van der Waals surface area contributed by atoms with Gasteiger partial charge in [0.25, 0.3) is 5.91 Å². The van der Waals surface area contributed by atoms with E-state index in [-0.39, 0.29) is 12.0 Å². The van der Waals surface area contributed by atoms with Gasteiger partial charge in [-0.25, -0.2) is 4.79 Å². The Labute approximate surface area is 175 Å². The van der Waals surface area contributed by atoms with Gasteiger partial charge in [0.15, 0.2) is 0 Å². The molecule has 0 unspecified atom stereocenters. The monoisotopic (exact) mass is 404 g/mol. The number of rotatable bonds is 4. The standard InChI is InChI=1S/C24H24N2O4/c1-15(2)30-24(28)20-14-26(23(27)16-8-10-17(29-3)11-9-16)13-12-19-18-6-4-5-7-21(18)25-22(19)20/h4-11,14-15,25H,12-13H2,1-3H3. The van der Waals surface area contributed by atoms with Gasteiger partial charge in [-0.15, -0.1) is 0 Å². The lowest BCUT2D eigenvalue weighted by atomic mass is 10.0. The summed E-state index contributed by atoms with van der Waals surface area (Å²) in [7, 11) is 1.58. The molecule has 0 saturated carbocycles. The highest BCUT2D eigenvalue weighted by molar-refractivity contribution is 6.18. The van der Waals surface area contributed by atoms with E-state index in [9.17, 15) is 9.59 Å². The number of para-hydroxylation sites is 1. The number of aromatic amines is 1. The van der Waals surface area contributed by atoms with Crippen LogP contribution < -0.4 is 4.74 Å². The van der Waals surface area contributed by atoms with Crippen LogP contribution in [0, 0.1) is 0 Å². The lowest BCUT2D eigenvalue weighted by Crippen LogP contribution is -2.28. The molecule has 0 aliphatic carbocycles. The van der Waals surface area contributed by atoms with Crippen LogP contribution in [0.2, 0.25) is 0 Å². The maximum absolute atomic E-state index is 13.2. The lowest BCUT2D eigenvalue weighted by molar-refractivity contribution is -0.140. The third kappa shape index (κ3) is 3.68. The summed E-state index contributed by atoms with van der Waals surface area (Å²) in [5, 5.41) is 1.05. The average Bonchev–Trinajstić information content (AvgIpc) is 3.00. The van der Waals surface area contributed by atoms with Gasteiger partial charge in [-0.2, -0.15) is 0 Å². The number of aromatic nitrogens is 1. The van der Waals surface area contributed by atoms with Crippen molar-refractivity contribution < 1.29 is 19.1 Å². The Bertz CT molecular complexity index is 1130. The van der Waals surface area contributed by atoms with Crippen molar-refractivity contribution >= 4 is 28.4 Å². The van der Waals surface area contributed by atoms with Crippen LogP contribution in [-0.2, 0) is 16.0 Å². The van der Waals surface area contributed by atoms with Gasteiger partial charge >= 0.3 is 5.97 Å². The van der Waals surface area contributed by atoms with E-state index in [0.717, 1.165) is 16.5 Å². The third-order valence-corrected chi connectivity index (χ3v) is 5.13. The number of hydrogen-bond acceptors (Lipinski definition) is 4. The lowest BCUT2D eigenvalue weighted by Gasteiger charge is -2.18. The maximum Gasteiger partial charge on any atom is 0.342 e. The zero-order valence-corrected chi connectivity index (χ0v) is 17.3. The van der Waals surface area contributed by atoms with E-state index in [1.807, 2.05) is 38.1 Å². The van der Waals surface area contributed by atoms with Crippen molar-refractivity contribution in [3.8, 4) is 5.75 Å². The Kier molecular flexibility index (Phi) is 5.31. The second-order valence-corrected chi connectivity index (χ2v) is 7.50. The largest absolute Gasteiger partial charge is 0.497 e. The van der Waals surface area contributed by atoms with Crippen LogP contribution in [0.15, 0.2) is 54.7 Å². The molecule has 2 aromatic carbocycles. The van der Waals surface area contributed by atoms with Gasteiger partial charge in [-0.1, -0.05) is 18.2 Å². The summed E-state index contributed by atoms with van der Waals surface area (Å²) in [6.45, 7) is 4.07. The molecule has 4 rings (SSSR count). The van der Waals surface area contributed by atoms with Crippen molar-refractivity contribution in [1.82, 2.24) is 9.88 Å². The van der Waals surface area contributed by atoms with Crippen LogP contribution in [0.4, 0.5) is 0 Å². The molecule has 1 aliphatic heterocycles. The first kappa shape index (κ1) is 19.8. The summed E-state index contributed by atoms with van der Waals surface area (Å²) in [5.41, 5.74) is 3.57. The fourth-order valence-electron chi connectivity index (χ4n) is 3.70. The zero-order valence-electron chi connectivity index (χ0n) is 17.3. The summed E-state index contributed by atoms with van der Waals surface area (Å²) in [6.07, 6.45) is 1.97. The summed E-state index contributed by atoms with van der Waals surface area (Å²) in [4.78, 5) is 31.0. The zero-order chi connectivity index (χ0) is 21.3. The number of nitrogens with one attached hydrogen (secondary N) is 1. The highest BCUT2D eigenvalue weighted by atomic mass is 16.5. The van der Waals surface area contributed by atoms with Gasteiger partial charge in [0.05, 0.1) is 24.5 Å². The van der Waals surface area contributed by atoms with Crippen LogP contribution in [0.25, 0.3) is 16.5 Å². The number of carbonyl (C=O) groups excluding carboxylic acids is 2. The number of esters is 1. The van der Waals surface area contributed by atoms with E-state index in [1.54, 1.807) is 42.5 Å². The van der Waals surface area contributed by atoms with Crippen molar-refractivity contribution in [3.63, 3.8) is 0 Å². The van der Waals surface area contributed by atoms with E-state index in [2.05, 4.69) is 4.98 Å². The summed E-state index contributed by atoms with van der Waals surface area (Å²) in [5.74, 6) is 0.0507. The second-order valence-electron chi connectivity index (χ2n) is 7.50. The van der Waals surface area contributed by atoms with Gasteiger partial charge in [0.1, 0.15) is 5.75 Å². The van der Waals surface area contributed by atoms with Gasteiger partial charge in [-0.05, 0) is 56.2 Å². The van der Waals surface area contributed by atoms with Crippen molar-refractivity contribution in [2.24, 2.45) is 0 Å². The topological polar surface area (TPSA) is 71.6 Å². The van der Waals surface area contributed by atoms with Crippen molar-refractivity contribution in [2.45, 2.75) is 26.4 Å². The van der Waals surface area contributed by atoms with Gasteiger partial charge in [-0.3, -0.25) is 4.79 Å². The first-order chi connectivity index (χ1) is 14.5. The Morgan fingerprint density at radius 1 is 1.07 bits per heavy atom. The molecular weight excluding hydrogens is 380 g/mol. The number of ether oxygens (including phenoxy) is 2. The second kappa shape index (κ2) is 8.06. The number of nitrogens with zero attached hydrogens (tertiary/aromatic N) is 1. The minimum atomic E-state index is -0.452. The molecule has 1 N–H and O–H groups in total. The third-order valence-electron chi connectivity index (χ3n) is 5.13. The number of methoxy groups -OCH3 is 1. The summed E-state index contributed by atoms with van der Waals surface area (Å²) in [6, 6.07) is 14.9. The number of benzene rings is 2. The maximum atomic E-state index is 13.2. The molecular formula is C24H24N2O4. The highest BCUT2D eigenvalue weighted by Crippen LogP contribution is 2.32. The van der Waals surface area contributed by atoms with Crippen LogP contribution in [0.5, 0.6) is 5.75 Å². The number of hydrogen-bond donors (Lipinski definition) is 1. The molecule has 2 heterocycles. The molecule has 3 aromatic rings. The Balaban J connectivity index is 1.76. The molecule has 6 nitrogen and oxygen atoms in total. The molecule has 1 aromatic heterocycles. The molecule has 154 valence electrons.